The minimum Gasteiger partial charge on any atom is -0.477 e. The smallest absolute Gasteiger partial charge is 0.364 e. The number of rotatable bonds is 20. The maximum Gasteiger partial charge on any atom is 0.364 e. The molecule has 5 heterocycles. The summed E-state index contributed by atoms with van der Waals surface area (Å²) < 4.78 is 59.5. The van der Waals surface area contributed by atoms with E-state index in [0.29, 0.717) is 5.39 Å². The van der Waals surface area contributed by atoms with Gasteiger partial charge in [-0.05, 0) is 36.8 Å². The molecule has 26 atom stereocenters. The normalized spacial score (nSPS) is 42.1. The van der Waals surface area contributed by atoms with Gasteiger partial charge >= 0.3 is 5.97 Å². The number of carboxylic acids is 1. The molecule has 0 saturated carbocycles. The molecule has 78 heavy (non-hydrogen) atoms. The van der Waals surface area contributed by atoms with Crippen molar-refractivity contribution >= 4 is 28.6 Å². The number of carboxylic acid groups (broad SMARTS) is 1. The second kappa shape index (κ2) is 26.4. The summed E-state index contributed by atoms with van der Waals surface area (Å²) in [6, 6.07) is 7.98. The zero-order valence-electron chi connectivity index (χ0n) is 42.2. The Bertz CT molecular complexity index is 2310. The lowest BCUT2D eigenvalue weighted by Crippen LogP contribution is -2.72. The summed E-state index contributed by atoms with van der Waals surface area (Å²) in [4.78, 5) is 40.0. The van der Waals surface area contributed by atoms with Crippen molar-refractivity contribution in [3.05, 3.63) is 48.0 Å². The van der Waals surface area contributed by atoms with E-state index in [0.717, 1.165) is 12.3 Å². The molecule has 5 aliphatic rings. The molecule has 5 aliphatic heterocycles. The molecule has 0 spiro atoms. The molecule has 2 aromatic carbocycles. The number of nitrogens with one attached hydrogen (secondary N) is 2. The van der Waals surface area contributed by atoms with Crippen LogP contribution in [0, 0.1) is 0 Å². The SMILES string of the molecule is CCO[C@@H]1O[C@H](CO)[C@H](O)[C@H](O[C@@H]2O[C@H](CO)[C@@H](O[C@H]3O[C@H](CO)[C@H](O)[C@H](O[C@]4(C(=O)O)C[C@H](O)[C@@H](NC(C)=O)[C@H]([C@H](O)[C@H](O)CO)O4)[C@H]3O)[C@H](O[C@@H]3O[C@@H](C)[C@@H](O)[C@@H](O)[C@@H]3O)[C@H]2NC(=O)c2ccc3ccccc3c2)[C@H]1O. The van der Waals surface area contributed by atoms with E-state index in [1.54, 1.807) is 37.3 Å². The van der Waals surface area contributed by atoms with Crippen LogP contribution in [0.3, 0.4) is 0 Å². The van der Waals surface area contributed by atoms with Crippen LogP contribution in [0.2, 0.25) is 0 Å². The lowest BCUT2D eigenvalue weighted by atomic mass is 9.88. The third-order valence-electron chi connectivity index (χ3n) is 14.3. The molecule has 30 nitrogen and oxygen atoms in total. The van der Waals surface area contributed by atoms with E-state index in [-0.39, 0.29) is 12.2 Å². The van der Waals surface area contributed by atoms with Crippen LogP contribution < -0.4 is 10.6 Å². The second-order valence-electron chi connectivity index (χ2n) is 19.6. The van der Waals surface area contributed by atoms with Gasteiger partial charge in [0.05, 0.1) is 44.7 Å². The predicted octanol–water partition coefficient (Wildman–Crippen LogP) is -7.91. The third kappa shape index (κ3) is 12.9. The van der Waals surface area contributed by atoms with Gasteiger partial charge in [0.15, 0.2) is 25.2 Å². The van der Waals surface area contributed by atoms with Crippen molar-refractivity contribution in [3.63, 3.8) is 0 Å². The fourth-order valence-electron chi connectivity index (χ4n) is 10.1. The van der Waals surface area contributed by atoms with E-state index >= 15 is 0 Å². The fraction of sp³-hybridized carbons (Fsp3) is 0.729. The lowest BCUT2D eigenvalue weighted by molar-refractivity contribution is -0.396. The zero-order chi connectivity index (χ0) is 57.1. The highest BCUT2D eigenvalue weighted by Crippen LogP contribution is 2.40. The van der Waals surface area contributed by atoms with Crippen LogP contribution in [-0.4, -0.2) is 286 Å². The first-order valence-electron chi connectivity index (χ1n) is 25.1. The molecule has 7 rings (SSSR count). The number of aliphatic carboxylic acids is 1. The zero-order valence-corrected chi connectivity index (χ0v) is 42.2. The molecular formula is C48H70N2O28. The Kier molecular flexibility index (Phi) is 20.9. The van der Waals surface area contributed by atoms with E-state index in [4.69, 9.17) is 47.4 Å². The Labute approximate surface area is 444 Å². The van der Waals surface area contributed by atoms with Gasteiger partial charge in [0.2, 0.25) is 5.91 Å². The van der Waals surface area contributed by atoms with Crippen LogP contribution in [0.4, 0.5) is 0 Å². The van der Waals surface area contributed by atoms with E-state index < -0.39 is 210 Å². The highest BCUT2D eigenvalue weighted by atomic mass is 16.8. The van der Waals surface area contributed by atoms with Crippen LogP contribution in [0.1, 0.15) is 37.6 Å². The van der Waals surface area contributed by atoms with Gasteiger partial charge in [-0.15, -0.1) is 0 Å². The Balaban J connectivity index is 1.31. The van der Waals surface area contributed by atoms with Gasteiger partial charge in [-0.2, -0.15) is 0 Å². The van der Waals surface area contributed by atoms with Crippen molar-refractivity contribution in [2.24, 2.45) is 0 Å². The monoisotopic (exact) mass is 1120 g/mol. The Hall–Kier alpha value is -3.85. The van der Waals surface area contributed by atoms with E-state index in [9.17, 15) is 91.0 Å². The van der Waals surface area contributed by atoms with Gasteiger partial charge in [-0.1, -0.05) is 30.3 Å². The van der Waals surface area contributed by atoms with Gasteiger partial charge in [-0.25, -0.2) is 4.79 Å². The third-order valence-corrected chi connectivity index (χ3v) is 14.3. The number of hydrogen-bond donors (Lipinski definition) is 17. The van der Waals surface area contributed by atoms with Crippen LogP contribution in [0.5, 0.6) is 0 Å². The first-order valence-corrected chi connectivity index (χ1v) is 25.1. The molecule has 0 radical (unpaired) electrons. The number of ether oxygens (including phenoxy) is 10. The Morgan fingerprint density at radius 3 is 1.85 bits per heavy atom. The molecule has 0 aliphatic carbocycles. The molecule has 2 aromatic rings. The van der Waals surface area contributed by atoms with Gasteiger partial charge in [0.25, 0.3) is 11.7 Å². The molecule has 0 unspecified atom stereocenters. The lowest BCUT2D eigenvalue weighted by Gasteiger charge is -2.52. The first-order chi connectivity index (χ1) is 37.0. The number of amides is 2. The van der Waals surface area contributed by atoms with Crippen LogP contribution in [-0.2, 0) is 57.0 Å². The highest BCUT2D eigenvalue weighted by Gasteiger charge is 2.61. The van der Waals surface area contributed by atoms with Crippen molar-refractivity contribution in [3.8, 4) is 0 Å². The number of fused-ring (bicyclic) bond motifs is 1. The molecule has 2 amide bonds. The maximum absolute atomic E-state index is 14.6. The van der Waals surface area contributed by atoms with Crippen LogP contribution in [0.25, 0.3) is 10.8 Å². The second-order valence-corrected chi connectivity index (χ2v) is 19.6. The average molecular weight is 1120 g/mol. The van der Waals surface area contributed by atoms with Gasteiger partial charge in [-0.3, -0.25) is 9.59 Å². The fourth-order valence-corrected chi connectivity index (χ4v) is 10.1. The Morgan fingerprint density at radius 1 is 0.654 bits per heavy atom. The van der Waals surface area contributed by atoms with Gasteiger partial charge in [0.1, 0.15) is 110 Å². The predicted molar refractivity (Wildman–Crippen MR) is 253 cm³/mol. The summed E-state index contributed by atoms with van der Waals surface area (Å²) >= 11 is 0. The molecule has 0 aromatic heterocycles. The quantitative estimate of drug-likeness (QED) is 0.0585. The van der Waals surface area contributed by atoms with E-state index in [2.05, 4.69) is 10.6 Å². The number of aliphatic hydroxyl groups is 14. The summed E-state index contributed by atoms with van der Waals surface area (Å²) in [6.07, 6.45) is -46.2. The molecular weight excluding hydrogens is 1050 g/mol. The highest BCUT2D eigenvalue weighted by molar-refractivity contribution is 5.98. The van der Waals surface area contributed by atoms with Crippen molar-refractivity contribution in [1.29, 1.82) is 0 Å². The Morgan fingerprint density at radius 2 is 1.23 bits per heavy atom. The van der Waals surface area contributed by atoms with Crippen molar-refractivity contribution in [1.82, 2.24) is 10.6 Å². The average Bonchev–Trinajstić information content (AvgIpc) is 3.43. The molecule has 30 heteroatoms. The molecule has 0 bridgehead atoms. The largest absolute Gasteiger partial charge is 0.477 e. The topological polar surface area (TPSA) is 471 Å². The summed E-state index contributed by atoms with van der Waals surface area (Å²) in [7, 11) is 0. The van der Waals surface area contributed by atoms with Crippen molar-refractivity contribution in [2.75, 3.05) is 33.0 Å². The number of hydrogen-bond acceptors (Lipinski definition) is 27. The van der Waals surface area contributed by atoms with Gasteiger partial charge in [0, 0.05) is 25.5 Å². The van der Waals surface area contributed by atoms with Crippen LogP contribution in [0.15, 0.2) is 42.5 Å². The molecule has 17 N–H and O–H groups in total. The maximum atomic E-state index is 14.6. The van der Waals surface area contributed by atoms with Crippen molar-refractivity contribution < 1.29 is 138 Å². The number of carbonyl (C=O) groups excluding carboxylic acids is 2. The summed E-state index contributed by atoms with van der Waals surface area (Å²) in [5.41, 5.74) is -0.00538. The number of benzene rings is 2. The van der Waals surface area contributed by atoms with Crippen molar-refractivity contribution in [2.45, 2.75) is 186 Å². The number of aliphatic hydroxyl groups excluding tert-OH is 14. The molecule has 440 valence electrons. The summed E-state index contributed by atoms with van der Waals surface area (Å²) in [6.45, 7) is -0.397. The van der Waals surface area contributed by atoms with E-state index in [1.165, 1.54) is 19.1 Å². The minimum atomic E-state index is -3.22. The summed E-state index contributed by atoms with van der Waals surface area (Å²) in [5, 5.41) is 171. The molecule has 5 fully saturated rings. The minimum absolute atomic E-state index is 0.00538. The van der Waals surface area contributed by atoms with Gasteiger partial charge < -0.3 is 135 Å². The summed E-state index contributed by atoms with van der Waals surface area (Å²) in [5.74, 6) is -7.01. The van der Waals surface area contributed by atoms with Crippen LogP contribution >= 0.6 is 0 Å². The standard InChI is InChI=1S/C48H70N2O28/c1-4-69-44-35(64)40(31(60)24(14-52)71-44)76-43-28(50-42(66)21-10-9-19-7-5-6-8-20(19)11-21)39(75-45-34(63)33(62)29(58)17(2)70-45)37(26(16-54)73-43)74-46-36(65)41(32(61)25(15-53)72-46)78-48(47(67)68)12-22(56)27(49-18(3)55)38(77-48)30(59)23(57)13-51/h5-11,17,22-41,43-46,51-54,56-65H,4,12-16H2,1-3H3,(H,49,55)(H,50,66)(H,67,68)/t17-,22-,23+,24+,25+,26+,27+,28+,29+,30+,31-,32-,33+,34-,35+,36+,37+,38+,39+,40-,41-,43-,44+,45-,46+,48-/m0/s1. The first kappa shape index (κ1) is 61.8. The number of carbonyl (C=O) groups is 3. The van der Waals surface area contributed by atoms with E-state index in [1.807, 2.05) is 0 Å². The molecule has 5 saturated heterocycles.